The van der Waals surface area contributed by atoms with E-state index in [-0.39, 0.29) is 5.97 Å². The monoisotopic (exact) mass is 220 g/mol. The highest BCUT2D eigenvalue weighted by Gasteiger charge is 2.15. The van der Waals surface area contributed by atoms with Crippen molar-refractivity contribution < 1.29 is 9.53 Å². The Bertz CT molecular complexity index is 337. The molecule has 1 unspecified atom stereocenters. The van der Waals surface area contributed by atoms with Crippen molar-refractivity contribution in [3.8, 4) is 0 Å². The van der Waals surface area contributed by atoms with Crippen molar-refractivity contribution in [2.45, 2.75) is 33.1 Å². The van der Waals surface area contributed by atoms with E-state index in [4.69, 9.17) is 4.74 Å². The standard InChI is InChI=1S/C14H20O2/c1-10(2)13-7-5-12(6-8-13)9-16-14(15)11(3)4/h5,13H,1,3,6-9H2,2,4H3. The van der Waals surface area contributed by atoms with Crippen molar-refractivity contribution in [1.82, 2.24) is 0 Å². The molecule has 0 spiro atoms. The third-order valence-corrected chi connectivity index (χ3v) is 2.94. The van der Waals surface area contributed by atoms with E-state index in [0.29, 0.717) is 18.1 Å². The minimum Gasteiger partial charge on any atom is -0.458 e. The fraction of sp³-hybridized carbons (Fsp3) is 0.500. The largest absolute Gasteiger partial charge is 0.458 e. The Labute approximate surface area is 97.7 Å². The molecule has 0 aromatic rings. The third kappa shape index (κ3) is 3.69. The third-order valence-electron chi connectivity index (χ3n) is 2.94. The van der Waals surface area contributed by atoms with Crippen LogP contribution in [0.2, 0.25) is 0 Å². The first kappa shape index (κ1) is 12.8. The average molecular weight is 220 g/mol. The van der Waals surface area contributed by atoms with Gasteiger partial charge in [0.2, 0.25) is 0 Å². The quantitative estimate of drug-likeness (QED) is 0.412. The van der Waals surface area contributed by atoms with Crippen LogP contribution < -0.4 is 0 Å². The summed E-state index contributed by atoms with van der Waals surface area (Å²) in [7, 11) is 0. The summed E-state index contributed by atoms with van der Waals surface area (Å²) in [5.74, 6) is 0.295. The maximum absolute atomic E-state index is 11.2. The van der Waals surface area contributed by atoms with Gasteiger partial charge in [0, 0.05) is 5.57 Å². The molecule has 0 fully saturated rings. The first-order valence-corrected chi connectivity index (χ1v) is 5.66. The molecular formula is C14H20O2. The maximum atomic E-state index is 11.2. The van der Waals surface area contributed by atoms with Gasteiger partial charge in [-0.15, -0.1) is 0 Å². The average Bonchev–Trinajstić information content (AvgIpc) is 2.26. The highest BCUT2D eigenvalue weighted by atomic mass is 16.5. The van der Waals surface area contributed by atoms with E-state index in [0.717, 1.165) is 19.3 Å². The van der Waals surface area contributed by atoms with Crippen LogP contribution in [0.15, 0.2) is 36.0 Å². The van der Waals surface area contributed by atoms with Gasteiger partial charge in [0.25, 0.3) is 0 Å². The number of ether oxygens (including phenoxy) is 1. The van der Waals surface area contributed by atoms with E-state index in [1.54, 1.807) is 6.92 Å². The summed E-state index contributed by atoms with van der Waals surface area (Å²) in [5.41, 5.74) is 2.91. The molecule has 2 nitrogen and oxygen atoms in total. The number of carbonyl (C=O) groups is 1. The fourth-order valence-electron chi connectivity index (χ4n) is 1.75. The van der Waals surface area contributed by atoms with Gasteiger partial charge in [-0.05, 0) is 44.6 Å². The number of rotatable bonds is 4. The van der Waals surface area contributed by atoms with Gasteiger partial charge in [-0.25, -0.2) is 4.79 Å². The van der Waals surface area contributed by atoms with E-state index in [1.165, 1.54) is 11.1 Å². The second kappa shape index (κ2) is 5.69. The van der Waals surface area contributed by atoms with E-state index >= 15 is 0 Å². The second-order valence-corrected chi connectivity index (χ2v) is 4.54. The molecule has 0 aromatic carbocycles. The van der Waals surface area contributed by atoms with Crippen molar-refractivity contribution in [2.24, 2.45) is 5.92 Å². The smallest absolute Gasteiger partial charge is 0.333 e. The van der Waals surface area contributed by atoms with Crippen LogP contribution in [0.1, 0.15) is 33.1 Å². The van der Waals surface area contributed by atoms with Crippen LogP contribution in [0.4, 0.5) is 0 Å². The van der Waals surface area contributed by atoms with Crippen LogP contribution in [-0.2, 0) is 9.53 Å². The summed E-state index contributed by atoms with van der Waals surface area (Å²) >= 11 is 0. The molecule has 0 bridgehead atoms. The summed E-state index contributed by atoms with van der Waals surface area (Å²) < 4.78 is 5.11. The molecule has 0 saturated heterocycles. The van der Waals surface area contributed by atoms with E-state index in [1.807, 2.05) is 0 Å². The molecule has 1 aliphatic carbocycles. The Morgan fingerprint density at radius 2 is 2.19 bits per heavy atom. The lowest BCUT2D eigenvalue weighted by Gasteiger charge is -2.21. The normalized spacial score (nSPS) is 19.9. The van der Waals surface area contributed by atoms with Gasteiger partial charge >= 0.3 is 5.97 Å². The summed E-state index contributed by atoms with van der Waals surface area (Å²) in [6, 6.07) is 0. The number of carbonyl (C=O) groups excluding carboxylic acids is 1. The Balaban J connectivity index is 2.38. The van der Waals surface area contributed by atoms with Crippen LogP contribution in [-0.4, -0.2) is 12.6 Å². The minimum absolute atomic E-state index is 0.303. The summed E-state index contributed by atoms with van der Waals surface area (Å²) in [4.78, 5) is 11.2. The van der Waals surface area contributed by atoms with E-state index in [2.05, 4.69) is 26.2 Å². The molecule has 88 valence electrons. The molecule has 16 heavy (non-hydrogen) atoms. The Kier molecular flexibility index (Phi) is 4.53. The van der Waals surface area contributed by atoms with Gasteiger partial charge in [-0.3, -0.25) is 0 Å². The first-order chi connectivity index (χ1) is 7.50. The lowest BCUT2D eigenvalue weighted by Crippen LogP contribution is -2.12. The van der Waals surface area contributed by atoms with Gasteiger partial charge < -0.3 is 4.74 Å². The highest BCUT2D eigenvalue weighted by molar-refractivity contribution is 5.87. The summed E-state index contributed by atoms with van der Waals surface area (Å²) in [6.45, 7) is 11.7. The predicted octanol–water partition coefficient (Wildman–Crippen LogP) is 3.41. The molecule has 1 aliphatic rings. The molecular weight excluding hydrogens is 200 g/mol. The van der Waals surface area contributed by atoms with Crippen molar-refractivity contribution in [3.63, 3.8) is 0 Å². The topological polar surface area (TPSA) is 26.3 Å². The van der Waals surface area contributed by atoms with Crippen LogP contribution in [0.3, 0.4) is 0 Å². The molecule has 2 heteroatoms. The van der Waals surface area contributed by atoms with Crippen LogP contribution in [0.25, 0.3) is 0 Å². The number of hydrogen-bond acceptors (Lipinski definition) is 2. The Morgan fingerprint density at radius 1 is 1.50 bits per heavy atom. The Hall–Kier alpha value is -1.31. The second-order valence-electron chi connectivity index (χ2n) is 4.54. The van der Waals surface area contributed by atoms with Crippen molar-refractivity contribution in [1.29, 1.82) is 0 Å². The number of hydrogen-bond donors (Lipinski definition) is 0. The molecule has 0 saturated carbocycles. The van der Waals surface area contributed by atoms with Crippen LogP contribution in [0, 0.1) is 5.92 Å². The molecule has 0 aliphatic heterocycles. The first-order valence-electron chi connectivity index (χ1n) is 5.66. The lowest BCUT2D eigenvalue weighted by atomic mass is 9.86. The van der Waals surface area contributed by atoms with Crippen molar-refractivity contribution in [2.75, 3.05) is 6.61 Å². The van der Waals surface area contributed by atoms with Gasteiger partial charge in [0.15, 0.2) is 0 Å². The van der Waals surface area contributed by atoms with E-state index < -0.39 is 0 Å². The summed E-state index contributed by atoms with van der Waals surface area (Å²) in [6.07, 6.45) is 5.32. The zero-order valence-electron chi connectivity index (χ0n) is 10.2. The molecule has 0 heterocycles. The Morgan fingerprint density at radius 3 is 2.62 bits per heavy atom. The van der Waals surface area contributed by atoms with Crippen molar-refractivity contribution in [3.05, 3.63) is 36.0 Å². The highest BCUT2D eigenvalue weighted by Crippen LogP contribution is 2.28. The van der Waals surface area contributed by atoms with E-state index in [9.17, 15) is 4.79 Å². The molecule has 0 amide bonds. The zero-order valence-corrected chi connectivity index (χ0v) is 10.2. The lowest BCUT2D eigenvalue weighted by molar-refractivity contribution is -0.138. The maximum Gasteiger partial charge on any atom is 0.333 e. The van der Waals surface area contributed by atoms with Gasteiger partial charge in [-0.2, -0.15) is 0 Å². The van der Waals surface area contributed by atoms with Gasteiger partial charge in [0.1, 0.15) is 6.61 Å². The minimum atomic E-state index is -0.303. The van der Waals surface area contributed by atoms with Gasteiger partial charge in [0.05, 0.1) is 0 Å². The number of esters is 1. The summed E-state index contributed by atoms with van der Waals surface area (Å²) in [5, 5.41) is 0. The number of allylic oxidation sites excluding steroid dienone is 2. The molecule has 1 atom stereocenters. The molecule has 0 aromatic heterocycles. The predicted molar refractivity (Wildman–Crippen MR) is 66.0 cm³/mol. The zero-order chi connectivity index (χ0) is 12.1. The molecule has 0 radical (unpaired) electrons. The van der Waals surface area contributed by atoms with Gasteiger partial charge in [-0.1, -0.05) is 24.8 Å². The van der Waals surface area contributed by atoms with Crippen molar-refractivity contribution >= 4 is 5.97 Å². The fourth-order valence-corrected chi connectivity index (χ4v) is 1.75. The molecule has 0 N–H and O–H groups in total. The SMILES string of the molecule is C=C(C)C(=O)OCC1=CCC(C(=C)C)CC1. The molecule has 1 rings (SSSR count). The van der Waals surface area contributed by atoms with Crippen LogP contribution in [0.5, 0.6) is 0 Å². The van der Waals surface area contributed by atoms with Crippen LogP contribution >= 0.6 is 0 Å².